The number of hydrogen-bond donors (Lipinski definition) is 3. The Kier molecular flexibility index (Phi) is 5.63. The molecular weight excluding hydrogens is 381 g/mol. The van der Waals surface area contributed by atoms with Crippen LogP contribution in [0.3, 0.4) is 0 Å². The van der Waals surface area contributed by atoms with Crippen LogP contribution in [0.2, 0.25) is 0 Å². The number of halogens is 1. The highest BCUT2D eigenvalue weighted by molar-refractivity contribution is 6.09. The van der Waals surface area contributed by atoms with Crippen molar-refractivity contribution in [1.29, 1.82) is 0 Å². The zero-order chi connectivity index (χ0) is 21.3. The molecule has 2 aliphatic rings. The summed E-state index contributed by atoms with van der Waals surface area (Å²) in [5, 5.41) is 3.71. The van der Waals surface area contributed by atoms with Crippen molar-refractivity contribution in [2.75, 3.05) is 0 Å². The molecule has 0 spiro atoms. The third kappa shape index (κ3) is 3.72. The summed E-state index contributed by atoms with van der Waals surface area (Å²) in [6, 6.07) is 1.16. The number of aromatic nitrogens is 1. The molecular formula is C24H26FN3O2. The highest BCUT2D eigenvalue weighted by atomic mass is 19.1. The highest BCUT2D eigenvalue weighted by Gasteiger charge is 2.27. The summed E-state index contributed by atoms with van der Waals surface area (Å²) >= 11 is 0. The fraction of sp³-hybridized carbons (Fsp3) is 0.417. The summed E-state index contributed by atoms with van der Waals surface area (Å²) in [6.45, 7) is 1.62. The van der Waals surface area contributed by atoms with Gasteiger partial charge in [0.1, 0.15) is 5.82 Å². The maximum Gasteiger partial charge on any atom is 0.296 e. The van der Waals surface area contributed by atoms with E-state index in [0.29, 0.717) is 17.5 Å². The van der Waals surface area contributed by atoms with E-state index in [1.165, 1.54) is 6.07 Å². The monoisotopic (exact) mass is 407 g/mol. The number of aromatic amines is 1. The normalized spacial score (nSPS) is 18.6. The molecule has 2 aromatic rings. The number of nitrogens with two attached hydrogens (primary N) is 1. The lowest BCUT2D eigenvalue weighted by Crippen LogP contribution is -2.35. The van der Waals surface area contributed by atoms with Gasteiger partial charge in [-0.05, 0) is 75.0 Å². The van der Waals surface area contributed by atoms with Gasteiger partial charge in [-0.2, -0.15) is 0 Å². The van der Waals surface area contributed by atoms with E-state index < -0.39 is 11.7 Å². The molecule has 6 heteroatoms. The first-order chi connectivity index (χ1) is 14.5. The standard InChI is InChI=1S/C24H26FN3O2/c1-2-7-20(29)27-15-9-6-8-14(12-15)21-18(25)13-17(24(26)30)23-22(21)16-10-4-3-5-11-19(16)28-23/h8,13,15,28H,3-6,9-12H2,1H3,(H2,26,30)(H,27,29)/t15-/m0/s1. The molecule has 4 N–H and O–H groups in total. The first-order valence-corrected chi connectivity index (χ1v) is 10.6. The van der Waals surface area contributed by atoms with Gasteiger partial charge in [0.15, 0.2) is 0 Å². The molecule has 0 saturated heterocycles. The Morgan fingerprint density at radius 3 is 2.83 bits per heavy atom. The van der Waals surface area contributed by atoms with Crippen LogP contribution >= 0.6 is 0 Å². The molecule has 4 rings (SSSR count). The van der Waals surface area contributed by atoms with Crippen LogP contribution in [0, 0.1) is 17.7 Å². The molecule has 1 aromatic carbocycles. The number of hydrogen-bond acceptors (Lipinski definition) is 2. The summed E-state index contributed by atoms with van der Waals surface area (Å²) < 4.78 is 15.4. The first kappa shape index (κ1) is 20.2. The first-order valence-electron chi connectivity index (χ1n) is 10.6. The number of nitrogens with one attached hydrogen (secondary N) is 2. The Labute approximate surface area is 175 Å². The number of rotatable bonds is 3. The van der Waals surface area contributed by atoms with Crippen LogP contribution in [0.5, 0.6) is 0 Å². The van der Waals surface area contributed by atoms with E-state index in [2.05, 4.69) is 22.1 Å². The van der Waals surface area contributed by atoms with Gasteiger partial charge in [0.05, 0.1) is 11.1 Å². The molecule has 1 heterocycles. The minimum Gasteiger partial charge on any atom is -0.366 e. The van der Waals surface area contributed by atoms with Crippen molar-refractivity contribution in [2.45, 2.75) is 64.3 Å². The van der Waals surface area contributed by atoms with Gasteiger partial charge in [-0.15, -0.1) is 0 Å². The molecule has 30 heavy (non-hydrogen) atoms. The largest absolute Gasteiger partial charge is 0.366 e. The van der Waals surface area contributed by atoms with Crippen LogP contribution in [0.1, 0.15) is 72.6 Å². The SMILES string of the molecule is CC#CC(=O)N[C@H]1CCC=C(c2c(F)cc(C(N)=O)c3[nH]c4c(c23)CCCCC4)C1. The number of primary amides is 1. The predicted molar refractivity (Wildman–Crippen MR) is 115 cm³/mol. The van der Waals surface area contributed by atoms with Crippen LogP contribution in [-0.4, -0.2) is 22.8 Å². The van der Waals surface area contributed by atoms with E-state index in [-0.39, 0.29) is 17.5 Å². The smallest absolute Gasteiger partial charge is 0.296 e. The Morgan fingerprint density at radius 2 is 2.07 bits per heavy atom. The Balaban J connectivity index is 1.83. The van der Waals surface area contributed by atoms with Crippen molar-refractivity contribution in [2.24, 2.45) is 5.73 Å². The molecule has 0 bridgehead atoms. The summed E-state index contributed by atoms with van der Waals surface area (Å²) in [4.78, 5) is 27.3. The van der Waals surface area contributed by atoms with Gasteiger partial charge in [-0.3, -0.25) is 9.59 Å². The van der Waals surface area contributed by atoms with Gasteiger partial charge in [0.2, 0.25) is 0 Å². The minimum absolute atomic E-state index is 0.0961. The summed E-state index contributed by atoms with van der Waals surface area (Å²) in [6.07, 6.45) is 9.08. The molecule has 2 aliphatic carbocycles. The third-order valence-electron chi connectivity index (χ3n) is 6.11. The van der Waals surface area contributed by atoms with E-state index in [1.807, 2.05) is 6.08 Å². The van der Waals surface area contributed by atoms with Gasteiger partial charge in [-0.1, -0.05) is 18.4 Å². The van der Waals surface area contributed by atoms with Crippen LogP contribution in [0.25, 0.3) is 16.5 Å². The average Bonchev–Trinajstić information content (AvgIpc) is 2.90. The van der Waals surface area contributed by atoms with Gasteiger partial charge in [0.25, 0.3) is 11.8 Å². The molecule has 1 atom stereocenters. The maximum atomic E-state index is 15.4. The summed E-state index contributed by atoms with van der Waals surface area (Å²) in [5.74, 6) is 3.72. The second-order valence-electron chi connectivity index (χ2n) is 8.09. The number of benzene rings is 1. The van der Waals surface area contributed by atoms with Gasteiger partial charge in [-0.25, -0.2) is 4.39 Å². The zero-order valence-electron chi connectivity index (χ0n) is 17.2. The lowest BCUT2D eigenvalue weighted by atomic mass is 9.86. The molecule has 0 fully saturated rings. The van der Waals surface area contributed by atoms with Crippen LogP contribution in [0.4, 0.5) is 4.39 Å². The molecule has 2 amide bonds. The molecule has 156 valence electrons. The third-order valence-corrected chi connectivity index (χ3v) is 6.11. The van der Waals surface area contributed by atoms with Crippen LogP contribution < -0.4 is 11.1 Å². The predicted octanol–water partition coefficient (Wildman–Crippen LogP) is 3.75. The number of amides is 2. The maximum absolute atomic E-state index is 15.4. The number of carbonyl (C=O) groups excluding carboxylic acids is 2. The second-order valence-corrected chi connectivity index (χ2v) is 8.09. The van der Waals surface area contributed by atoms with Crippen LogP contribution in [0.15, 0.2) is 12.1 Å². The van der Waals surface area contributed by atoms with E-state index in [1.54, 1.807) is 6.92 Å². The van der Waals surface area contributed by atoms with Crippen molar-refractivity contribution in [3.8, 4) is 11.8 Å². The molecule has 0 unspecified atom stereocenters. The summed E-state index contributed by atoms with van der Waals surface area (Å²) in [7, 11) is 0. The topological polar surface area (TPSA) is 88.0 Å². The molecule has 0 aliphatic heterocycles. The van der Waals surface area contributed by atoms with Crippen molar-refractivity contribution >= 4 is 28.3 Å². The number of aryl methyl sites for hydroxylation is 2. The minimum atomic E-state index is -0.636. The highest BCUT2D eigenvalue weighted by Crippen LogP contribution is 2.40. The van der Waals surface area contributed by atoms with Crippen molar-refractivity contribution in [3.05, 3.63) is 40.3 Å². The molecule has 0 radical (unpaired) electrons. The second kappa shape index (κ2) is 8.35. The van der Waals surface area contributed by atoms with Gasteiger partial charge in [0, 0.05) is 22.7 Å². The fourth-order valence-electron chi connectivity index (χ4n) is 4.81. The number of H-pyrrole nitrogens is 1. The fourth-order valence-corrected chi connectivity index (χ4v) is 4.81. The lowest BCUT2D eigenvalue weighted by Gasteiger charge is -2.24. The number of allylic oxidation sites excluding steroid dienone is 1. The van der Waals surface area contributed by atoms with Crippen molar-refractivity contribution in [1.82, 2.24) is 10.3 Å². The van der Waals surface area contributed by atoms with E-state index >= 15 is 4.39 Å². The zero-order valence-corrected chi connectivity index (χ0v) is 17.2. The molecule has 5 nitrogen and oxygen atoms in total. The average molecular weight is 407 g/mol. The summed E-state index contributed by atoms with van der Waals surface area (Å²) in [5.41, 5.74) is 9.98. The van der Waals surface area contributed by atoms with E-state index in [0.717, 1.165) is 67.2 Å². The lowest BCUT2D eigenvalue weighted by molar-refractivity contribution is -0.116. The molecule has 0 saturated carbocycles. The Hall–Kier alpha value is -3.07. The number of carbonyl (C=O) groups is 2. The quantitative estimate of drug-likeness (QED) is 0.534. The molecule has 1 aromatic heterocycles. The van der Waals surface area contributed by atoms with Crippen molar-refractivity contribution in [3.63, 3.8) is 0 Å². The van der Waals surface area contributed by atoms with Gasteiger partial charge < -0.3 is 16.0 Å². The van der Waals surface area contributed by atoms with Crippen molar-refractivity contribution < 1.29 is 14.0 Å². The Morgan fingerprint density at radius 1 is 1.27 bits per heavy atom. The van der Waals surface area contributed by atoms with E-state index in [9.17, 15) is 9.59 Å². The number of fused-ring (bicyclic) bond motifs is 3. The Bertz CT molecular complexity index is 1120. The van der Waals surface area contributed by atoms with Crippen LogP contribution in [-0.2, 0) is 17.6 Å². The van der Waals surface area contributed by atoms with Gasteiger partial charge >= 0.3 is 0 Å². The van der Waals surface area contributed by atoms with E-state index in [4.69, 9.17) is 5.73 Å².